The van der Waals surface area contributed by atoms with Crippen LogP contribution < -0.4 is 10.6 Å². The molecule has 130 valence electrons. The van der Waals surface area contributed by atoms with E-state index in [-0.39, 0.29) is 17.8 Å². The van der Waals surface area contributed by atoms with Crippen molar-refractivity contribution < 1.29 is 4.79 Å². The molecule has 6 rings (SSSR count). The maximum Gasteiger partial charge on any atom is 0.230 e. The highest BCUT2D eigenvalue weighted by Crippen LogP contribution is 2.60. The molecule has 0 radical (unpaired) electrons. The maximum atomic E-state index is 13.1. The van der Waals surface area contributed by atoms with E-state index in [1.165, 1.54) is 36.9 Å². The molecular formula is C20H27ClN2O. The molecule has 0 saturated heterocycles. The van der Waals surface area contributed by atoms with E-state index >= 15 is 0 Å². The third-order valence-electron chi connectivity index (χ3n) is 6.82. The fraction of sp³-hybridized carbons (Fsp3) is 0.650. The predicted molar refractivity (Wildman–Crippen MR) is 99.7 cm³/mol. The highest BCUT2D eigenvalue weighted by atomic mass is 35.5. The summed E-state index contributed by atoms with van der Waals surface area (Å²) in [6, 6.07) is 6.37. The lowest BCUT2D eigenvalue weighted by atomic mass is 9.49. The molecule has 1 aromatic rings. The minimum Gasteiger partial charge on any atom is -0.385 e. The van der Waals surface area contributed by atoms with Gasteiger partial charge in [-0.05, 0) is 92.9 Å². The lowest BCUT2D eigenvalue weighted by molar-refractivity contribution is -0.140. The average Bonchev–Trinajstić information content (AvgIpc) is 2.53. The molecule has 1 aromatic carbocycles. The van der Waals surface area contributed by atoms with Crippen LogP contribution in [-0.2, 0) is 11.2 Å². The van der Waals surface area contributed by atoms with E-state index in [1.807, 2.05) is 0 Å². The number of rotatable bonds is 2. The van der Waals surface area contributed by atoms with Gasteiger partial charge in [0.1, 0.15) is 0 Å². The van der Waals surface area contributed by atoms with E-state index in [2.05, 4.69) is 28.8 Å². The number of aryl methyl sites for hydroxylation is 1. The van der Waals surface area contributed by atoms with Crippen LogP contribution in [0.3, 0.4) is 0 Å². The van der Waals surface area contributed by atoms with Gasteiger partial charge in [0.15, 0.2) is 0 Å². The van der Waals surface area contributed by atoms with Crippen molar-refractivity contribution in [3.63, 3.8) is 0 Å². The van der Waals surface area contributed by atoms with Gasteiger partial charge >= 0.3 is 0 Å². The zero-order chi connectivity index (χ0) is 15.4. The minimum absolute atomic E-state index is 0. The monoisotopic (exact) mass is 346 g/mol. The lowest BCUT2D eigenvalue weighted by Crippen LogP contribution is -2.51. The molecule has 1 amide bonds. The number of carbonyl (C=O) groups excluding carboxylic acids is 1. The van der Waals surface area contributed by atoms with Crippen LogP contribution in [-0.4, -0.2) is 12.5 Å². The molecule has 1 heterocycles. The summed E-state index contributed by atoms with van der Waals surface area (Å²) in [7, 11) is 0. The summed E-state index contributed by atoms with van der Waals surface area (Å²) < 4.78 is 0. The zero-order valence-electron chi connectivity index (χ0n) is 14.1. The minimum atomic E-state index is -0.0527. The first-order valence-electron chi connectivity index (χ1n) is 9.38. The van der Waals surface area contributed by atoms with Gasteiger partial charge in [0.2, 0.25) is 5.91 Å². The molecule has 24 heavy (non-hydrogen) atoms. The van der Waals surface area contributed by atoms with Crippen LogP contribution in [0, 0.1) is 23.2 Å². The molecule has 1 aliphatic heterocycles. The Morgan fingerprint density at radius 2 is 1.75 bits per heavy atom. The highest BCUT2D eigenvalue weighted by Gasteiger charge is 2.54. The maximum absolute atomic E-state index is 13.1. The summed E-state index contributed by atoms with van der Waals surface area (Å²) in [5.41, 5.74) is 3.53. The first-order chi connectivity index (χ1) is 11.2. The van der Waals surface area contributed by atoms with E-state index in [0.717, 1.165) is 55.7 Å². The van der Waals surface area contributed by atoms with Crippen molar-refractivity contribution in [2.45, 2.75) is 51.4 Å². The highest BCUT2D eigenvalue weighted by molar-refractivity contribution is 5.96. The first kappa shape index (κ1) is 16.3. The van der Waals surface area contributed by atoms with Crippen LogP contribution in [0.4, 0.5) is 11.4 Å². The molecular weight excluding hydrogens is 320 g/mol. The average molecular weight is 347 g/mol. The Kier molecular flexibility index (Phi) is 4.03. The molecule has 4 bridgehead atoms. The van der Waals surface area contributed by atoms with Gasteiger partial charge in [-0.3, -0.25) is 4.79 Å². The van der Waals surface area contributed by atoms with E-state index in [9.17, 15) is 4.79 Å². The number of fused-ring (bicyclic) bond motifs is 1. The standard InChI is InChI=1S/C20H26N2O.ClH/c23-19(20-10-13-6-14(11-20)8-15(7-13)12-20)22-17-3-4-18-16(9-17)2-1-5-21-18;/h3-4,9,13-15,21H,1-2,5-8,10-12H2,(H,22,23);1H. The third kappa shape index (κ3) is 2.61. The van der Waals surface area contributed by atoms with E-state index in [1.54, 1.807) is 0 Å². The molecule has 3 nitrogen and oxygen atoms in total. The Morgan fingerprint density at radius 1 is 1.08 bits per heavy atom. The van der Waals surface area contributed by atoms with Crippen LogP contribution in [0.15, 0.2) is 18.2 Å². The van der Waals surface area contributed by atoms with Crippen LogP contribution in [0.1, 0.15) is 50.5 Å². The number of halogens is 1. The molecule has 5 aliphatic rings. The Morgan fingerprint density at radius 3 is 2.42 bits per heavy atom. The van der Waals surface area contributed by atoms with Crippen LogP contribution in [0.2, 0.25) is 0 Å². The molecule has 0 atom stereocenters. The SMILES string of the molecule is Cl.O=C(Nc1ccc2c(c1)CCCN2)C12CC3CC(CC(C3)C1)C2. The van der Waals surface area contributed by atoms with E-state index in [0.29, 0.717) is 5.91 Å². The summed E-state index contributed by atoms with van der Waals surface area (Å²) in [5, 5.41) is 6.72. The fourth-order valence-electron chi connectivity index (χ4n) is 6.21. The number of amides is 1. The van der Waals surface area contributed by atoms with Crippen molar-refractivity contribution in [2.75, 3.05) is 17.2 Å². The largest absolute Gasteiger partial charge is 0.385 e. The van der Waals surface area contributed by atoms with Gasteiger partial charge in [-0.1, -0.05) is 0 Å². The van der Waals surface area contributed by atoms with Crippen LogP contribution in [0.5, 0.6) is 0 Å². The molecule has 0 spiro atoms. The molecule has 4 heteroatoms. The normalized spacial score (nSPS) is 35.6. The van der Waals surface area contributed by atoms with Crippen molar-refractivity contribution >= 4 is 29.7 Å². The molecule has 0 aromatic heterocycles. The second-order valence-electron chi connectivity index (χ2n) is 8.55. The summed E-state index contributed by atoms with van der Waals surface area (Å²) in [5.74, 6) is 2.76. The van der Waals surface area contributed by atoms with Gasteiger partial charge in [0.25, 0.3) is 0 Å². The topological polar surface area (TPSA) is 41.1 Å². The van der Waals surface area contributed by atoms with Crippen molar-refractivity contribution in [3.8, 4) is 0 Å². The molecule has 0 unspecified atom stereocenters. The van der Waals surface area contributed by atoms with Gasteiger partial charge in [0, 0.05) is 17.9 Å². The van der Waals surface area contributed by atoms with Gasteiger partial charge in [-0.2, -0.15) is 0 Å². The molecule has 4 fully saturated rings. The van der Waals surface area contributed by atoms with Gasteiger partial charge in [0.05, 0.1) is 5.41 Å². The number of hydrogen-bond acceptors (Lipinski definition) is 2. The predicted octanol–water partition coefficient (Wildman–Crippen LogP) is 4.62. The smallest absolute Gasteiger partial charge is 0.230 e. The van der Waals surface area contributed by atoms with Gasteiger partial charge < -0.3 is 10.6 Å². The second kappa shape index (κ2) is 5.94. The quantitative estimate of drug-likeness (QED) is 0.820. The summed E-state index contributed by atoms with van der Waals surface area (Å²) in [4.78, 5) is 13.1. The van der Waals surface area contributed by atoms with Gasteiger partial charge in [-0.15, -0.1) is 12.4 Å². The second-order valence-corrected chi connectivity index (χ2v) is 8.55. The van der Waals surface area contributed by atoms with Gasteiger partial charge in [-0.25, -0.2) is 0 Å². The summed E-state index contributed by atoms with van der Waals surface area (Å²) >= 11 is 0. The Hall–Kier alpha value is -1.22. The third-order valence-corrected chi connectivity index (χ3v) is 6.82. The van der Waals surface area contributed by atoms with Crippen molar-refractivity contribution in [1.82, 2.24) is 0 Å². The zero-order valence-corrected chi connectivity index (χ0v) is 15.0. The number of carbonyl (C=O) groups is 1. The van der Waals surface area contributed by atoms with Crippen molar-refractivity contribution in [1.29, 1.82) is 0 Å². The number of hydrogen-bond donors (Lipinski definition) is 2. The number of nitrogens with one attached hydrogen (secondary N) is 2. The summed E-state index contributed by atoms with van der Waals surface area (Å²) in [6.45, 7) is 1.06. The van der Waals surface area contributed by atoms with Crippen LogP contribution >= 0.6 is 12.4 Å². The Balaban J connectivity index is 0.00000146. The molecule has 2 N–H and O–H groups in total. The molecule has 4 saturated carbocycles. The molecule has 4 aliphatic carbocycles. The fourth-order valence-corrected chi connectivity index (χ4v) is 6.21. The van der Waals surface area contributed by atoms with E-state index in [4.69, 9.17) is 0 Å². The first-order valence-corrected chi connectivity index (χ1v) is 9.38. The lowest BCUT2D eigenvalue weighted by Gasteiger charge is -2.55. The van der Waals surface area contributed by atoms with Crippen LogP contribution in [0.25, 0.3) is 0 Å². The number of anilines is 2. The van der Waals surface area contributed by atoms with Crippen molar-refractivity contribution in [3.05, 3.63) is 23.8 Å². The summed E-state index contributed by atoms with van der Waals surface area (Å²) in [6.07, 6.45) is 9.86. The number of benzene rings is 1. The Bertz CT molecular complexity index is 622. The Labute approximate surface area is 150 Å². The van der Waals surface area contributed by atoms with Crippen molar-refractivity contribution in [2.24, 2.45) is 23.2 Å². The van der Waals surface area contributed by atoms with E-state index < -0.39 is 0 Å².